The third kappa shape index (κ3) is 5.10. The van der Waals surface area contributed by atoms with E-state index in [0.717, 1.165) is 28.2 Å². The molecule has 0 unspecified atom stereocenters. The van der Waals surface area contributed by atoms with Crippen LogP contribution in [0, 0.1) is 0 Å². The van der Waals surface area contributed by atoms with Gasteiger partial charge in [0, 0.05) is 29.4 Å². The van der Waals surface area contributed by atoms with Crippen LogP contribution in [-0.2, 0) is 24.0 Å². The standard InChI is InChI=1S/C19H18F3N7O6S2/c1-35-27-9(12-26-18(23)37-28-12)14(31)25-10-15(32)29-11(17(33)34)8(5-36-16(10)29)7(4-19(20,21)22)6-2-3-24-13(6)30/h10,16H,2-5H2,1H3,(H,24,30)(H,25,31)(H,33,34)(H2,23,26,28)/t10-,16-/m1/s1. The van der Waals surface area contributed by atoms with E-state index in [1.54, 1.807) is 0 Å². The lowest BCUT2D eigenvalue weighted by molar-refractivity contribution is -0.150. The lowest BCUT2D eigenvalue weighted by Gasteiger charge is -2.49. The summed E-state index contributed by atoms with van der Waals surface area (Å²) in [5, 5.41) is 17.4. The second-order valence-corrected chi connectivity index (χ2v) is 9.72. The predicted molar refractivity (Wildman–Crippen MR) is 123 cm³/mol. The molecule has 3 aliphatic rings. The van der Waals surface area contributed by atoms with Crippen LogP contribution in [0.1, 0.15) is 18.7 Å². The van der Waals surface area contributed by atoms with Gasteiger partial charge in [-0.3, -0.25) is 19.3 Å². The number of aliphatic carboxylic acids is 1. The van der Waals surface area contributed by atoms with Gasteiger partial charge in [0.2, 0.25) is 17.4 Å². The van der Waals surface area contributed by atoms with Gasteiger partial charge in [0.1, 0.15) is 24.2 Å². The molecule has 2 atom stereocenters. The van der Waals surface area contributed by atoms with Crippen molar-refractivity contribution in [3.63, 3.8) is 0 Å². The minimum atomic E-state index is -4.73. The number of nitrogens with one attached hydrogen (secondary N) is 2. The summed E-state index contributed by atoms with van der Waals surface area (Å²) in [4.78, 5) is 59.4. The van der Waals surface area contributed by atoms with Gasteiger partial charge in [0.15, 0.2) is 5.13 Å². The Morgan fingerprint density at radius 2 is 2.11 bits per heavy atom. The van der Waals surface area contributed by atoms with Crippen molar-refractivity contribution in [3.05, 3.63) is 28.2 Å². The van der Waals surface area contributed by atoms with Gasteiger partial charge in [0.25, 0.3) is 11.8 Å². The Kier molecular flexibility index (Phi) is 7.13. The molecule has 198 valence electrons. The fraction of sp³-hybridized carbons (Fsp3) is 0.421. The van der Waals surface area contributed by atoms with Gasteiger partial charge in [-0.25, -0.2) is 4.79 Å². The van der Waals surface area contributed by atoms with Crippen LogP contribution in [0.2, 0.25) is 0 Å². The molecule has 3 amide bonds. The molecule has 0 spiro atoms. The number of rotatable bonds is 7. The monoisotopic (exact) mass is 561 g/mol. The van der Waals surface area contributed by atoms with E-state index >= 15 is 0 Å². The molecule has 18 heteroatoms. The van der Waals surface area contributed by atoms with Crippen molar-refractivity contribution in [1.29, 1.82) is 0 Å². The fourth-order valence-electron chi connectivity index (χ4n) is 4.07. The molecule has 0 bridgehead atoms. The van der Waals surface area contributed by atoms with Gasteiger partial charge in [-0.15, -0.1) is 11.8 Å². The zero-order valence-corrected chi connectivity index (χ0v) is 20.4. The molecule has 1 aromatic rings. The predicted octanol–water partition coefficient (Wildman–Crippen LogP) is -0.0217. The van der Waals surface area contributed by atoms with Crippen LogP contribution in [-0.4, -0.2) is 85.8 Å². The Balaban J connectivity index is 1.65. The van der Waals surface area contributed by atoms with E-state index < -0.39 is 59.0 Å². The highest BCUT2D eigenvalue weighted by Gasteiger charge is 2.55. The normalized spacial score (nSPS) is 23.4. The van der Waals surface area contributed by atoms with Crippen LogP contribution in [0.3, 0.4) is 0 Å². The molecule has 3 aliphatic heterocycles. The Labute approximate surface area is 214 Å². The smallest absolute Gasteiger partial charge is 0.393 e. The number of nitrogens with two attached hydrogens (primary N) is 1. The summed E-state index contributed by atoms with van der Waals surface area (Å²) < 4.78 is 44.1. The summed E-state index contributed by atoms with van der Waals surface area (Å²) in [5.74, 6) is -4.53. The van der Waals surface area contributed by atoms with Crippen LogP contribution in [0.15, 0.2) is 27.6 Å². The van der Waals surface area contributed by atoms with Crippen molar-refractivity contribution in [3.8, 4) is 0 Å². The molecule has 0 aromatic carbocycles. The number of carboxylic acid groups (broad SMARTS) is 1. The summed E-state index contributed by atoms with van der Waals surface area (Å²) in [6, 6.07) is -1.22. The Morgan fingerprint density at radius 1 is 1.38 bits per heavy atom. The maximum atomic E-state index is 13.4. The van der Waals surface area contributed by atoms with Gasteiger partial charge >= 0.3 is 12.1 Å². The number of carbonyl (C=O) groups is 4. The summed E-state index contributed by atoms with van der Waals surface area (Å²) >= 11 is 1.74. The number of carboxylic acids is 1. The molecule has 0 saturated carbocycles. The molecule has 2 saturated heterocycles. The highest BCUT2D eigenvalue weighted by molar-refractivity contribution is 8.00. The number of carbonyl (C=O) groups excluding carboxylic acids is 3. The molecule has 1 aromatic heterocycles. The van der Waals surface area contributed by atoms with E-state index in [1.807, 2.05) is 0 Å². The number of nitrogen functional groups attached to an aromatic ring is 1. The number of allylic oxidation sites excluding steroid dienone is 1. The molecule has 0 radical (unpaired) electrons. The number of β-lactam (4-membered cyclic amide) rings is 1. The van der Waals surface area contributed by atoms with E-state index in [9.17, 15) is 37.5 Å². The maximum Gasteiger partial charge on any atom is 0.393 e. The average molecular weight is 562 g/mol. The van der Waals surface area contributed by atoms with Crippen molar-refractivity contribution in [2.45, 2.75) is 30.4 Å². The van der Waals surface area contributed by atoms with Gasteiger partial charge < -0.3 is 26.3 Å². The quantitative estimate of drug-likeness (QED) is 0.152. The van der Waals surface area contributed by atoms with E-state index in [2.05, 4.69) is 30.0 Å². The van der Waals surface area contributed by atoms with Gasteiger partial charge in [-0.05, 0) is 17.6 Å². The third-order valence-electron chi connectivity index (χ3n) is 5.55. The molecular formula is C19H18F3N7O6S2. The summed E-state index contributed by atoms with van der Waals surface area (Å²) in [6.45, 7) is 0.114. The van der Waals surface area contributed by atoms with E-state index in [0.29, 0.717) is 0 Å². The van der Waals surface area contributed by atoms with Crippen LogP contribution >= 0.6 is 23.3 Å². The van der Waals surface area contributed by atoms with Crippen LogP contribution in [0.4, 0.5) is 18.3 Å². The number of aromatic nitrogens is 2. The summed E-state index contributed by atoms with van der Waals surface area (Å²) in [6.07, 6.45) is -6.28. The van der Waals surface area contributed by atoms with Crippen LogP contribution in [0.25, 0.3) is 0 Å². The SMILES string of the molecule is CON=C(C(=O)N[C@@H]1C(=O)N2C(C(=O)O)=C(C(CC(F)(F)F)=C3CCNC3=O)CS[C@H]12)c1nsc(N)n1. The minimum Gasteiger partial charge on any atom is -0.477 e. The van der Waals surface area contributed by atoms with Crippen molar-refractivity contribution >= 4 is 57.8 Å². The van der Waals surface area contributed by atoms with Crippen LogP contribution in [0.5, 0.6) is 0 Å². The van der Waals surface area contributed by atoms with E-state index in [1.165, 1.54) is 7.11 Å². The number of halogens is 3. The number of oxime groups is 1. The third-order valence-corrected chi connectivity index (χ3v) is 7.37. The van der Waals surface area contributed by atoms with Crippen LogP contribution < -0.4 is 16.4 Å². The number of anilines is 1. The number of amides is 3. The number of fused-ring (bicyclic) bond motifs is 1. The Bertz CT molecular complexity index is 1270. The van der Waals surface area contributed by atoms with E-state index in [4.69, 9.17) is 5.73 Å². The molecule has 5 N–H and O–H groups in total. The highest BCUT2D eigenvalue weighted by atomic mass is 32.2. The molecular weight excluding hydrogens is 543 g/mol. The lowest BCUT2D eigenvalue weighted by Crippen LogP contribution is -2.71. The first-order valence-corrected chi connectivity index (χ1v) is 12.2. The van der Waals surface area contributed by atoms with Crippen molar-refractivity contribution in [1.82, 2.24) is 24.9 Å². The fourth-order valence-corrected chi connectivity index (χ4v) is 5.89. The Morgan fingerprint density at radius 3 is 2.65 bits per heavy atom. The summed E-state index contributed by atoms with van der Waals surface area (Å²) in [5.41, 5.74) is 3.58. The number of alkyl halides is 3. The first-order valence-electron chi connectivity index (χ1n) is 10.4. The number of hydrogen-bond acceptors (Lipinski definition) is 11. The lowest BCUT2D eigenvalue weighted by atomic mass is 9.92. The second kappa shape index (κ2) is 10.0. The molecule has 13 nitrogen and oxygen atoms in total. The zero-order valence-electron chi connectivity index (χ0n) is 18.8. The maximum absolute atomic E-state index is 13.4. The number of thioether (sulfide) groups is 1. The number of hydrogen-bond donors (Lipinski definition) is 4. The molecule has 4 heterocycles. The van der Waals surface area contributed by atoms with Gasteiger partial charge in [0.05, 0.1) is 6.42 Å². The first-order chi connectivity index (χ1) is 17.4. The molecule has 2 fully saturated rings. The van der Waals surface area contributed by atoms with Crippen molar-refractivity contribution in [2.75, 3.05) is 25.1 Å². The topological polar surface area (TPSA) is 189 Å². The zero-order chi connectivity index (χ0) is 27.1. The van der Waals surface area contributed by atoms with Crippen molar-refractivity contribution in [2.24, 2.45) is 5.16 Å². The van der Waals surface area contributed by atoms with E-state index in [-0.39, 0.29) is 46.5 Å². The largest absolute Gasteiger partial charge is 0.477 e. The van der Waals surface area contributed by atoms with Gasteiger partial charge in [-0.1, -0.05) is 5.16 Å². The highest BCUT2D eigenvalue weighted by Crippen LogP contribution is 2.45. The van der Waals surface area contributed by atoms with Gasteiger partial charge in [-0.2, -0.15) is 22.5 Å². The summed E-state index contributed by atoms with van der Waals surface area (Å²) in [7, 11) is 1.17. The minimum absolute atomic E-state index is 0.0157. The molecule has 4 rings (SSSR count). The Hall–Kier alpha value is -3.67. The average Bonchev–Trinajstić information content (AvgIpc) is 3.45. The molecule has 37 heavy (non-hydrogen) atoms. The number of nitrogens with zero attached hydrogens (tertiary/aromatic N) is 4. The first kappa shape index (κ1) is 26.4. The second-order valence-electron chi connectivity index (χ2n) is 7.83. The van der Waals surface area contributed by atoms with Crippen molar-refractivity contribution < 1.29 is 42.3 Å². The molecule has 0 aliphatic carbocycles.